The number of fused-ring (bicyclic) bond motifs is 1. The molecule has 21 heavy (non-hydrogen) atoms. The summed E-state index contributed by atoms with van der Waals surface area (Å²) in [5, 5.41) is 6.48. The normalized spacial score (nSPS) is 12.6. The third-order valence-corrected chi connectivity index (χ3v) is 4.20. The monoisotopic (exact) mass is 308 g/mol. The van der Waals surface area contributed by atoms with E-state index in [0.29, 0.717) is 12.6 Å². The summed E-state index contributed by atoms with van der Waals surface area (Å²) < 4.78 is 5.30. The number of nitrogens with zero attached hydrogens (tertiary/aromatic N) is 3. The van der Waals surface area contributed by atoms with Crippen molar-refractivity contribution >= 4 is 33.3 Å². The average Bonchev–Trinajstić information content (AvgIpc) is 2.94. The van der Waals surface area contributed by atoms with Gasteiger partial charge in [-0.2, -0.15) is 4.98 Å². The smallest absolute Gasteiger partial charge is 0.226 e. The third kappa shape index (κ3) is 3.63. The van der Waals surface area contributed by atoms with Crippen LogP contribution in [0.15, 0.2) is 11.4 Å². The van der Waals surface area contributed by atoms with E-state index in [4.69, 9.17) is 9.72 Å². The van der Waals surface area contributed by atoms with Gasteiger partial charge < -0.3 is 15.0 Å². The zero-order chi connectivity index (χ0) is 15.2. The first-order chi connectivity index (χ1) is 10.2. The van der Waals surface area contributed by atoms with Gasteiger partial charge in [-0.3, -0.25) is 0 Å². The minimum absolute atomic E-state index is 0.275. The lowest BCUT2D eigenvalue weighted by Gasteiger charge is -2.29. The van der Waals surface area contributed by atoms with Crippen LogP contribution in [-0.2, 0) is 4.74 Å². The zero-order valence-corrected chi connectivity index (χ0v) is 14.0. The summed E-state index contributed by atoms with van der Waals surface area (Å²) in [5.41, 5.74) is 0. The number of thiophene rings is 1. The van der Waals surface area contributed by atoms with E-state index in [1.54, 1.807) is 18.4 Å². The SMILES string of the molecule is CCCNc1nc(N(CC)C(C)COC)c2ccsc2n1. The molecular formula is C15H24N4OS. The lowest BCUT2D eigenvalue weighted by Crippen LogP contribution is -2.37. The molecule has 0 aliphatic heterocycles. The maximum Gasteiger partial charge on any atom is 0.226 e. The number of hydrogen-bond donors (Lipinski definition) is 1. The first-order valence-electron chi connectivity index (χ1n) is 7.45. The molecule has 2 aromatic rings. The quantitative estimate of drug-likeness (QED) is 0.810. The minimum atomic E-state index is 0.275. The number of hydrogen-bond acceptors (Lipinski definition) is 6. The van der Waals surface area contributed by atoms with Gasteiger partial charge in [-0.05, 0) is 31.7 Å². The summed E-state index contributed by atoms with van der Waals surface area (Å²) >= 11 is 1.65. The molecule has 0 fully saturated rings. The Bertz CT molecular complexity index is 572. The summed E-state index contributed by atoms with van der Waals surface area (Å²) in [5.74, 6) is 1.71. The highest BCUT2D eigenvalue weighted by Gasteiger charge is 2.19. The van der Waals surface area contributed by atoms with Crippen LogP contribution >= 0.6 is 11.3 Å². The Morgan fingerprint density at radius 3 is 2.86 bits per heavy atom. The van der Waals surface area contributed by atoms with Crippen molar-refractivity contribution in [1.82, 2.24) is 9.97 Å². The van der Waals surface area contributed by atoms with Crippen molar-refractivity contribution in [2.45, 2.75) is 33.2 Å². The predicted octanol–water partition coefficient (Wildman–Crippen LogP) is 3.37. The number of anilines is 2. The molecule has 0 radical (unpaired) electrons. The fraction of sp³-hybridized carbons (Fsp3) is 0.600. The van der Waals surface area contributed by atoms with E-state index in [0.717, 1.165) is 35.5 Å². The van der Waals surface area contributed by atoms with E-state index in [9.17, 15) is 0 Å². The van der Waals surface area contributed by atoms with Crippen molar-refractivity contribution in [1.29, 1.82) is 0 Å². The Morgan fingerprint density at radius 1 is 1.38 bits per heavy atom. The molecule has 2 heterocycles. The van der Waals surface area contributed by atoms with Crippen LogP contribution in [0.3, 0.4) is 0 Å². The van der Waals surface area contributed by atoms with Crippen molar-refractivity contribution in [3.63, 3.8) is 0 Å². The molecule has 0 aromatic carbocycles. The molecule has 0 aliphatic carbocycles. The Kier molecular flexibility index (Phi) is 5.76. The molecule has 116 valence electrons. The van der Waals surface area contributed by atoms with Crippen molar-refractivity contribution in [3.05, 3.63) is 11.4 Å². The van der Waals surface area contributed by atoms with E-state index in [2.05, 4.69) is 47.4 Å². The molecule has 0 saturated heterocycles. The van der Waals surface area contributed by atoms with Gasteiger partial charge in [0, 0.05) is 20.2 Å². The van der Waals surface area contributed by atoms with Gasteiger partial charge in [-0.1, -0.05) is 6.92 Å². The Labute approximate surface area is 130 Å². The summed E-state index contributed by atoms with van der Waals surface area (Å²) in [6.45, 7) is 8.89. The van der Waals surface area contributed by atoms with Crippen LogP contribution in [0.25, 0.3) is 10.2 Å². The molecule has 0 saturated carbocycles. The van der Waals surface area contributed by atoms with Gasteiger partial charge in [-0.25, -0.2) is 4.98 Å². The molecule has 5 nitrogen and oxygen atoms in total. The predicted molar refractivity (Wildman–Crippen MR) is 90.6 cm³/mol. The van der Waals surface area contributed by atoms with Gasteiger partial charge in [-0.15, -0.1) is 11.3 Å². The van der Waals surface area contributed by atoms with Crippen molar-refractivity contribution in [2.24, 2.45) is 0 Å². The number of rotatable bonds is 8. The first-order valence-corrected chi connectivity index (χ1v) is 8.33. The zero-order valence-electron chi connectivity index (χ0n) is 13.2. The molecule has 0 aliphatic rings. The molecule has 1 unspecified atom stereocenters. The molecule has 2 aromatic heterocycles. The number of likely N-dealkylation sites (N-methyl/N-ethyl adjacent to an activating group) is 1. The third-order valence-electron chi connectivity index (χ3n) is 3.39. The van der Waals surface area contributed by atoms with Gasteiger partial charge in [0.05, 0.1) is 18.0 Å². The second kappa shape index (κ2) is 7.56. The van der Waals surface area contributed by atoms with Crippen LogP contribution in [0.2, 0.25) is 0 Å². The van der Waals surface area contributed by atoms with Crippen molar-refractivity contribution in [3.8, 4) is 0 Å². The Balaban J connectivity index is 2.41. The molecular weight excluding hydrogens is 284 g/mol. The fourth-order valence-electron chi connectivity index (χ4n) is 2.38. The Hall–Kier alpha value is -1.40. The standard InChI is InChI=1S/C15H24N4OS/c1-5-8-16-15-17-13(12-7-9-21-14(12)18-15)19(6-2)11(3)10-20-4/h7,9,11H,5-6,8,10H2,1-4H3,(H,16,17,18). The van der Waals surface area contributed by atoms with Crippen LogP contribution in [-0.4, -0.2) is 42.8 Å². The van der Waals surface area contributed by atoms with Gasteiger partial charge in [0.25, 0.3) is 0 Å². The molecule has 1 atom stereocenters. The van der Waals surface area contributed by atoms with Crippen molar-refractivity contribution < 1.29 is 4.74 Å². The second-order valence-corrected chi connectivity index (χ2v) is 5.92. The number of nitrogens with one attached hydrogen (secondary N) is 1. The van der Waals surface area contributed by atoms with Gasteiger partial charge in [0.1, 0.15) is 10.6 Å². The van der Waals surface area contributed by atoms with E-state index in [-0.39, 0.29) is 6.04 Å². The van der Waals surface area contributed by atoms with E-state index >= 15 is 0 Å². The van der Waals surface area contributed by atoms with E-state index in [1.165, 1.54) is 0 Å². The molecule has 0 amide bonds. The lowest BCUT2D eigenvalue weighted by molar-refractivity contribution is 0.182. The summed E-state index contributed by atoms with van der Waals surface area (Å²) in [6, 6.07) is 2.37. The lowest BCUT2D eigenvalue weighted by atomic mass is 10.2. The van der Waals surface area contributed by atoms with Crippen LogP contribution < -0.4 is 10.2 Å². The van der Waals surface area contributed by atoms with Crippen LogP contribution in [0.4, 0.5) is 11.8 Å². The summed E-state index contributed by atoms with van der Waals surface area (Å²) in [4.78, 5) is 12.6. The highest BCUT2D eigenvalue weighted by atomic mass is 32.1. The van der Waals surface area contributed by atoms with Gasteiger partial charge in [0.2, 0.25) is 5.95 Å². The molecule has 1 N–H and O–H groups in total. The van der Waals surface area contributed by atoms with E-state index in [1.807, 2.05) is 0 Å². The number of aromatic nitrogens is 2. The molecule has 6 heteroatoms. The maximum atomic E-state index is 5.30. The summed E-state index contributed by atoms with van der Waals surface area (Å²) in [6.07, 6.45) is 1.05. The van der Waals surface area contributed by atoms with Gasteiger partial charge in [0.15, 0.2) is 0 Å². The highest BCUT2D eigenvalue weighted by Crippen LogP contribution is 2.30. The molecule has 0 spiro atoms. The number of methoxy groups -OCH3 is 1. The maximum absolute atomic E-state index is 5.30. The average molecular weight is 308 g/mol. The van der Waals surface area contributed by atoms with Crippen LogP contribution in [0, 0.1) is 0 Å². The highest BCUT2D eigenvalue weighted by molar-refractivity contribution is 7.16. The first kappa shape index (κ1) is 16.0. The van der Waals surface area contributed by atoms with Crippen LogP contribution in [0.5, 0.6) is 0 Å². The Morgan fingerprint density at radius 2 is 2.19 bits per heavy atom. The minimum Gasteiger partial charge on any atom is -0.383 e. The number of ether oxygens (including phenoxy) is 1. The van der Waals surface area contributed by atoms with Crippen LogP contribution in [0.1, 0.15) is 27.2 Å². The van der Waals surface area contributed by atoms with E-state index < -0.39 is 0 Å². The second-order valence-electron chi connectivity index (χ2n) is 5.03. The molecule has 0 bridgehead atoms. The molecule has 2 rings (SSSR count). The van der Waals surface area contributed by atoms with Crippen molar-refractivity contribution in [2.75, 3.05) is 37.0 Å². The summed E-state index contributed by atoms with van der Waals surface area (Å²) in [7, 11) is 1.73. The van der Waals surface area contributed by atoms with Gasteiger partial charge >= 0.3 is 0 Å². The topological polar surface area (TPSA) is 50.3 Å². The fourth-order valence-corrected chi connectivity index (χ4v) is 3.13. The largest absolute Gasteiger partial charge is 0.383 e.